The van der Waals surface area contributed by atoms with Gasteiger partial charge in [0.1, 0.15) is 6.61 Å². The van der Waals surface area contributed by atoms with Gasteiger partial charge in [-0.05, 0) is 30.7 Å². The summed E-state index contributed by atoms with van der Waals surface area (Å²) in [6, 6.07) is 1.67. The summed E-state index contributed by atoms with van der Waals surface area (Å²) >= 11 is 0. The van der Waals surface area contributed by atoms with E-state index in [-0.39, 0.29) is 12.5 Å². The van der Waals surface area contributed by atoms with E-state index < -0.39 is 0 Å². The van der Waals surface area contributed by atoms with Crippen molar-refractivity contribution in [1.82, 2.24) is 10.3 Å². The number of carbonyl (C=O) groups excluding carboxylic acids is 1. The van der Waals surface area contributed by atoms with E-state index >= 15 is 0 Å². The zero-order valence-electron chi connectivity index (χ0n) is 12.4. The Morgan fingerprint density at radius 1 is 1.52 bits per heavy atom. The Morgan fingerprint density at radius 2 is 2.38 bits per heavy atom. The number of nitrogens with one attached hydrogen (secondary N) is 1. The molecular weight excluding hydrogens is 264 g/mol. The summed E-state index contributed by atoms with van der Waals surface area (Å²) in [5.74, 6) is 6.54. The van der Waals surface area contributed by atoms with Gasteiger partial charge in [-0.1, -0.05) is 31.6 Å². The van der Waals surface area contributed by atoms with Gasteiger partial charge in [0, 0.05) is 18.9 Å². The minimum atomic E-state index is -0.226. The second-order valence-electron chi connectivity index (χ2n) is 5.73. The maximum atomic E-state index is 12.3. The van der Waals surface area contributed by atoms with Crippen LogP contribution >= 0.6 is 0 Å². The van der Waals surface area contributed by atoms with Crippen molar-refractivity contribution in [3.05, 3.63) is 29.6 Å². The van der Waals surface area contributed by atoms with Crippen LogP contribution < -0.4 is 5.32 Å². The number of aliphatic hydroxyl groups excluding tert-OH is 1. The van der Waals surface area contributed by atoms with Crippen LogP contribution in [0.2, 0.25) is 0 Å². The van der Waals surface area contributed by atoms with Crippen LogP contribution in [0.25, 0.3) is 0 Å². The molecule has 1 fully saturated rings. The molecule has 0 bridgehead atoms. The van der Waals surface area contributed by atoms with Crippen LogP contribution in [0.4, 0.5) is 0 Å². The zero-order valence-corrected chi connectivity index (χ0v) is 12.4. The van der Waals surface area contributed by atoms with Gasteiger partial charge in [-0.2, -0.15) is 0 Å². The lowest BCUT2D eigenvalue weighted by atomic mass is 9.82. The minimum Gasteiger partial charge on any atom is -0.384 e. The summed E-state index contributed by atoms with van der Waals surface area (Å²) in [5.41, 5.74) is 1.08. The number of rotatable bonds is 3. The van der Waals surface area contributed by atoms with Crippen LogP contribution in [-0.4, -0.2) is 29.1 Å². The number of nitrogens with zero attached hydrogens (tertiary/aromatic N) is 1. The van der Waals surface area contributed by atoms with E-state index in [0.717, 1.165) is 12.5 Å². The highest BCUT2D eigenvalue weighted by atomic mass is 16.2. The first-order chi connectivity index (χ1) is 10.2. The standard InChI is InChI=1S/C17H22N2O2/c1-13-4-2-5-14(10-13)11-19-17(21)16-7-8-18-12-15(16)6-3-9-20/h7-8,12-14,20H,2,4-5,9-11H2,1H3,(H,19,21). The first-order valence-electron chi connectivity index (χ1n) is 7.52. The molecule has 0 aliphatic heterocycles. The third-order valence-electron chi connectivity index (χ3n) is 3.96. The van der Waals surface area contributed by atoms with E-state index in [1.54, 1.807) is 18.5 Å². The highest BCUT2D eigenvalue weighted by Crippen LogP contribution is 2.27. The smallest absolute Gasteiger partial charge is 0.252 e. The summed E-state index contributed by atoms with van der Waals surface area (Å²) in [6.45, 7) is 2.77. The molecule has 2 N–H and O–H groups in total. The van der Waals surface area contributed by atoms with E-state index in [9.17, 15) is 4.79 Å². The molecule has 0 radical (unpaired) electrons. The van der Waals surface area contributed by atoms with Gasteiger partial charge in [0.2, 0.25) is 0 Å². The lowest BCUT2D eigenvalue weighted by Crippen LogP contribution is -2.31. The molecular formula is C17H22N2O2. The molecule has 4 nitrogen and oxygen atoms in total. The number of hydrogen-bond donors (Lipinski definition) is 2. The summed E-state index contributed by atoms with van der Waals surface area (Å²) in [5, 5.41) is 11.8. The first-order valence-corrected chi connectivity index (χ1v) is 7.52. The quantitative estimate of drug-likeness (QED) is 0.835. The SMILES string of the molecule is CC1CCCC(CNC(=O)c2ccncc2C#CCO)C1. The van der Waals surface area contributed by atoms with Crippen molar-refractivity contribution in [3.8, 4) is 11.8 Å². The maximum absolute atomic E-state index is 12.3. The molecule has 1 aromatic heterocycles. The Kier molecular flexibility index (Phi) is 5.77. The number of pyridine rings is 1. The van der Waals surface area contributed by atoms with Crippen molar-refractivity contribution in [2.75, 3.05) is 13.2 Å². The Hall–Kier alpha value is -1.86. The van der Waals surface area contributed by atoms with E-state index in [1.165, 1.54) is 25.7 Å². The van der Waals surface area contributed by atoms with Crippen LogP contribution in [0.1, 0.15) is 48.5 Å². The fourth-order valence-corrected chi connectivity index (χ4v) is 2.90. The molecule has 2 atom stereocenters. The molecule has 1 aliphatic carbocycles. The van der Waals surface area contributed by atoms with E-state index in [4.69, 9.17) is 5.11 Å². The number of amides is 1. The molecule has 21 heavy (non-hydrogen) atoms. The third kappa shape index (κ3) is 4.57. The zero-order chi connectivity index (χ0) is 15.1. The lowest BCUT2D eigenvalue weighted by molar-refractivity contribution is 0.0940. The molecule has 1 amide bonds. The molecule has 0 aromatic carbocycles. The highest BCUT2D eigenvalue weighted by Gasteiger charge is 2.20. The molecule has 0 saturated heterocycles. The van der Waals surface area contributed by atoms with Crippen molar-refractivity contribution in [1.29, 1.82) is 0 Å². The monoisotopic (exact) mass is 286 g/mol. The average Bonchev–Trinajstić information content (AvgIpc) is 2.51. The van der Waals surface area contributed by atoms with Crippen molar-refractivity contribution >= 4 is 5.91 Å². The highest BCUT2D eigenvalue weighted by molar-refractivity contribution is 5.96. The molecule has 1 saturated carbocycles. The summed E-state index contributed by atoms with van der Waals surface area (Å²) in [4.78, 5) is 16.3. The Bertz CT molecular complexity index is 545. The Balaban J connectivity index is 1.97. The molecule has 2 rings (SSSR count). The van der Waals surface area contributed by atoms with Crippen LogP contribution in [0.15, 0.2) is 18.5 Å². The molecule has 4 heteroatoms. The normalized spacial score (nSPS) is 21.2. The average molecular weight is 286 g/mol. The van der Waals surface area contributed by atoms with Gasteiger partial charge < -0.3 is 10.4 Å². The van der Waals surface area contributed by atoms with E-state index in [0.29, 0.717) is 17.0 Å². The van der Waals surface area contributed by atoms with Crippen molar-refractivity contribution in [2.24, 2.45) is 11.8 Å². The maximum Gasteiger partial charge on any atom is 0.252 e. The van der Waals surface area contributed by atoms with Gasteiger partial charge in [-0.25, -0.2) is 0 Å². The summed E-state index contributed by atoms with van der Waals surface area (Å²) in [7, 11) is 0. The van der Waals surface area contributed by atoms with Gasteiger partial charge in [0.25, 0.3) is 5.91 Å². The van der Waals surface area contributed by atoms with Crippen molar-refractivity contribution < 1.29 is 9.90 Å². The molecule has 2 unspecified atom stereocenters. The largest absolute Gasteiger partial charge is 0.384 e. The molecule has 0 spiro atoms. The predicted molar refractivity (Wildman–Crippen MR) is 81.7 cm³/mol. The molecule has 1 heterocycles. The van der Waals surface area contributed by atoms with E-state index in [1.807, 2.05) is 0 Å². The molecule has 1 aromatic rings. The second kappa shape index (κ2) is 7.80. The van der Waals surface area contributed by atoms with Crippen molar-refractivity contribution in [2.45, 2.75) is 32.6 Å². The Labute approximate surface area is 126 Å². The molecule has 1 aliphatic rings. The lowest BCUT2D eigenvalue weighted by Gasteiger charge is -2.26. The number of hydrogen-bond acceptors (Lipinski definition) is 3. The van der Waals surface area contributed by atoms with Gasteiger partial charge >= 0.3 is 0 Å². The summed E-state index contributed by atoms with van der Waals surface area (Å²) < 4.78 is 0. The third-order valence-corrected chi connectivity index (χ3v) is 3.96. The first kappa shape index (κ1) is 15.5. The van der Waals surface area contributed by atoms with Crippen LogP contribution in [0, 0.1) is 23.7 Å². The van der Waals surface area contributed by atoms with Gasteiger partial charge in [0.15, 0.2) is 0 Å². The van der Waals surface area contributed by atoms with E-state index in [2.05, 4.69) is 29.1 Å². The minimum absolute atomic E-state index is 0.113. The van der Waals surface area contributed by atoms with Crippen LogP contribution in [0.5, 0.6) is 0 Å². The van der Waals surface area contributed by atoms with Gasteiger partial charge in [0.05, 0.1) is 11.1 Å². The van der Waals surface area contributed by atoms with Crippen molar-refractivity contribution in [3.63, 3.8) is 0 Å². The molecule has 112 valence electrons. The fraction of sp³-hybridized carbons (Fsp3) is 0.529. The fourth-order valence-electron chi connectivity index (χ4n) is 2.90. The number of aliphatic hydroxyl groups is 1. The van der Waals surface area contributed by atoms with Gasteiger partial charge in [-0.15, -0.1) is 0 Å². The topological polar surface area (TPSA) is 62.2 Å². The number of carbonyl (C=O) groups is 1. The predicted octanol–water partition coefficient (Wildman–Crippen LogP) is 1.98. The Morgan fingerprint density at radius 3 is 3.14 bits per heavy atom. The van der Waals surface area contributed by atoms with Crippen LogP contribution in [-0.2, 0) is 0 Å². The van der Waals surface area contributed by atoms with Crippen LogP contribution in [0.3, 0.4) is 0 Å². The number of aromatic nitrogens is 1. The van der Waals surface area contributed by atoms with Gasteiger partial charge in [-0.3, -0.25) is 9.78 Å². The second-order valence-corrected chi connectivity index (χ2v) is 5.73. The summed E-state index contributed by atoms with van der Waals surface area (Å²) in [6.07, 6.45) is 8.08.